The molecule has 0 bridgehead atoms. The van der Waals surface area contributed by atoms with Crippen molar-refractivity contribution in [1.29, 1.82) is 0 Å². The summed E-state index contributed by atoms with van der Waals surface area (Å²) in [6, 6.07) is 7.12. The zero-order valence-electron chi connectivity index (χ0n) is 21.5. The molecule has 2 N–H and O–H groups in total. The summed E-state index contributed by atoms with van der Waals surface area (Å²) in [6.45, 7) is 5.41. The zero-order valence-corrected chi connectivity index (χ0v) is 22.3. The molecule has 3 aromatic rings. The summed E-state index contributed by atoms with van der Waals surface area (Å²) < 4.78 is 35.1. The third-order valence-electron chi connectivity index (χ3n) is 7.47. The maximum atomic E-state index is 13.1. The Labute approximate surface area is 218 Å². The van der Waals surface area contributed by atoms with Crippen LogP contribution in [0.1, 0.15) is 45.4 Å². The first kappa shape index (κ1) is 26.1. The second-order valence-electron chi connectivity index (χ2n) is 10.1. The van der Waals surface area contributed by atoms with Crippen LogP contribution in [0.3, 0.4) is 0 Å². The van der Waals surface area contributed by atoms with Gasteiger partial charge in [0, 0.05) is 49.5 Å². The van der Waals surface area contributed by atoms with Crippen LogP contribution in [-0.2, 0) is 21.3 Å². The molecular formula is C27H37N5O4S. The Balaban J connectivity index is 1.45. The molecule has 9 nitrogen and oxygen atoms in total. The predicted octanol–water partition coefficient (Wildman–Crippen LogP) is 3.88. The van der Waals surface area contributed by atoms with Crippen LogP contribution in [0.15, 0.2) is 41.6 Å². The van der Waals surface area contributed by atoms with Gasteiger partial charge in [-0.3, -0.25) is 0 Å². The highest BCUT2D eigenvalue weighted by molar-refractivity contribution is 7.89. The molecule has 2 fully saturated rings. The van der Waals surface area contributed by atoms with Gasteiger partial charge in [-0.1, -0.05) is 25.5 Å². The first-order chi connectivity index (χ1) is 18.0. The zero-order chi connectivity index (χ0) is 25.8. The normalized spacial score (nSPS) is 21.4. The highest BCUT2D eigenvalue weighted by atomic mass is 32.2. The Morgan fingerprint density at radius 3 is 2.54 bits per heavy atom. The van der Waals surface area contributed by atoms with Crippen LogP contribution in [0, 0.1) is 5.92 Å². The molecule has 0 spiro atoms. The van der Waals surface area contributed by atoms with E-state index in [1.54, 1.807) is 12.1 Å². The number of ether oxygens (including phenoxy) is 1. The number of aliphatic hydroxyl groups excluding tert-OH is 1. The van der Waals surface area contributed by atoms with Gasteiger partial charge in [0.1, 0.15) is 5.65 Å². The molecule has 1 aromatic carbocycles. The molecule has 1 saturated heterocycles. The molecule has 3 heterocycles. The van der Waals surface area contributed by atoms with E-state index in [1.165, 1.54) is 4.31 Å². The van der Waals surface area contributed by atoms with Gasteiger partial charge >= 0.3 is 0 Å². The number of rotatable bonds is 9. The van der Waals surface area contributed by atoms with E-state index in [0.717, 1.165) is 73.8 Å². The minimum Gasteiger partial charge on any atom is -0.393 e. The van der Waals surface area contributed by atoms with E-state index in [0.29, 0.717) is 43.1 Å². The van der Waals surface area contributed by atoms with E-state index >= 15 is 0 Å². The summed E-state index contributed by atoms with van der Waals surface area (Å²) in [5.41, 5.74) is 2.79. The van der Waals surface area contributed by atoms with Crippen molar-refractivity contribution < 1.29 is 18.3 Å². The fourth-order valence-electron chi connectivity index (χ4n) is 5.25. The number of unbranched alkanes of at least 4 members (excludes halogenated alkanes) is 1. The number of fused-ring (bicyclic) bond motifs is 1. The number of aliphatic hydroxyl groups is 1. The molecule has 200 valence electrons. The van der Waals surface area contributed by atoms with Gasteiger partial charge in [0.2, 0.25) is 16.0 Å². The van der Waals surface area contributed by atoms with Crippen molar-refractivity contribution in [1.82, 2.24) is 18.8 Å². The van der Waals surface area contributed by atoms with E-state index in [9.17, 15) is 13.5 Å². The summed E-state index contributed by atoms with van der Waals surface area (Å²) in [6.07, 6.45) is 9.63. The predicted molar refractivity (Wildman–Crippen MR) is 144 cm³/mol. The standard InChI is InChI=1S/C27H37N5O4S/c1-2-3-12-28-27-29-17-24-25(19-31(26(24)30-27)18-20-4-8-22(33)9-5-20)21-6-10-23(11-7-21)37(34,35)32-13-15-36-16-14-32/h6-7,10-11,17,19-20,22,33H,2-5,8-9,12-16,18H2,1H3,(H,28,29,30). The minimum absolute atomic E-state index is 0.183. The van der Waals surface area contributed by atoms with Gasteiger partial charge in [-0.2, -0.15) is 9.29 Å². The Morgan fingerprint density at radius 2 is 1.84 bits per heavy atom. The lowest BCUT2D eigenvalue weighted by atomic mass is 9.87. The molecule has 2 aliphatic rings. The Morgan fingerprint density at radius 1 is 1.11 bits per heavy atom. The van der Waals surface area contributed by atoms with E-state index < -0.39 is 10.0 Å². The van der Waals surface area contributed by atoms with E-state index in [-0.39, 0.29) is 6.10 Å². The topological polar surface area (TPSA) is 110 Å². The number of hydrogen-bond donors (Lipinski definition) is 2. The minimum atomic E-state index is -3.54. The Kier molecular flexibility index (Phi) is 8.09. The summed E-state index contributed by atoms with van der Waals surface area (Å²) >= 11 is 0. The fraction of sp³-hybridized carbons (Fsp3) is 0.556. The van der Waals surface area contributed by atoms with Crippen LogP contribution in [0.4, 0.5) is 5.95 Å². The second-order valence-corrected chi connectivity index (χ2v) is 12.1. The van der Waals surface area contributed by atoms with Crippen LogP contribution in [0.5, 0.6) is 0 Å². The van der Waals surface area contributed by atoms with Crippen LogP contribution in [-0.4, -0.2) is 71.3 Å². The number of nitrogens with one attached hydrogen (secondary N) is 1. The van der Waals surface area contributed by atoms with Gasteiger partial charge in [-0.15, -0.1) is 0 Å². The lowest BCUT2D eigenvalue weighted by molar-refractivity contribution is 0.0730. The van der Waals surface area contributed by atoms with Crippen molar-refractivity contribution >= 4 is 27.0 Å². The third-order valence-corrected chi connectivity index (χ3v) is 9.39. The number of benzene rings is 1. The largest absolute Gasteiger partial charge is 0.393 e. The monoisotopic (exact) mass is 527 g/mol. The van der Waals surface area contributed by atoms with Crippen molar-refractivity contribution in [2.24, 2.45) is 5.92 Å². The molecule has 0 unspecified atom stereocenters. The van der Waals surface area contributed by atoms with Gasteiger partial charge < -0.3 is 19.7 Å². The van der Waals surface area contributed by atoms with E-state index in [1.807, 2.05) is 18.3 Å². The van der Waals surface area contributed by atoms with Crippen molar-refractivity contribution in [3.63, 3.8) is 0 Å². The molecule has 1 aliphatic heterocycles. The quantitative estimate of drug-likeness (QED) is 0.407. The molecule has 1 aliphatic carbocycles. The fourth-order valence-corrected chi connectivity index (χ4v) is 6.66. The average molecular weight is 528 g/mol. The summed E-state index contributed by atoms with van der Waals surface area (Å²) in [4.78, 5) is 9.73. The molecular weight excluding hydrogens is 490 g/mol. The van der Waals surface area contributed by atoms with Crippen LogP contribution in [0.2, 0.25) is 0 Å². The number of morpholine rings is 1. The van der Waals surface area contributed by atoms with Crippen LogP contribution >= 0.6 is 0 Å². The first-order valence-corrected chi connectivity index (χ1v) is 14.9. The lowest BCUT2D eigenvalue weighted by Gasteiger charge is -2.26. The van der Waals surface area contributed by atoms with Gasteiger partial charge in [-0.05, 0) is 55.7 Å². The van der Waals surface area contributed by atoms with Crippen molar-refractivity contribution in [2.45, 2.75) is 63.0 Å². The molecule has 0 radical (unpaired) electrons. The maximum Gasteiger partial charge on any atom is 0.243 e. The first-order valence-electron chi connectivity index (χ1n) is 13.4. The SMILES string of the molecule is CCCCNc1ncc2c(-c3ccc(S(=O)(=O)N4CCOCC4)cc3)cn(CC3CCC(O)CC3)c2n1. The lowest BCUT2D eigenvalue weighted by Crippen LogP contribution is -2.40. The maximum absolute atomic E-state index is 13.1. The van der Waals surface area contributed by atoms with Gasteiger partial charge in [0.05, 0.1) is 24.2 Å². The summed E-state index contributed by atoms with van der Waals surface area (Å²) in [5.74, 6) is 1.11. The molecule has 37 heavy (non-hydrogen) atoms. The Bertz CT molecular complexity index is 1290. The van der Waals surface area contributed by atoms with Crippen molar-refractivity contribution in [3.05, 3.63) is 36.7 Å². The van der Waals surface area contributed by atoms with Crippen molar-refractivity contribution in [3.8, 4) is 11.1 Å². The molecule has 0 amide bonds. The number of aromatic nitrogens is 3. The van der Waals surface area contributed by atoms with Gasteiger partial charge in [0.15, 0.2) is 0 Å². The van der Waals surface area contributed by atoms with Crippen LogP contribution in [0.25, 0.3) is 22.2 Å². The smallest absolute Gasteiger partial charge is 0.243 e. The van der Waals surface area contributed by atoms with E-state index in [4.69, 9.17) is 9.72 Å². The number of hydrogen-bond acceptors (Lipinski definition) is 7. The van der Waals surface area contributed by atoms with Crippen molar-refractivity contribution in [2.75, 3.05) is 38.2 Å². The number of nitrogens with zero attached hydrogens (tertiary/aromatic N) is 4. The molecule has 2 aromatic heterocycles. The molecule has 1 saturated carbocycles. The summed E-state index contributed by atoms with van der Waals surface area (Å²) in [7, 11) is -3.54. The van der Waals surface area contributed by atoms with Crippen LogP contribution < -0.4 is 5.32 Å². The molecule has 10 heteroatoms. The second kappa shape index (κ2) is 11.5. The van der Waals surface area contributed by atoms with Gasteiger partial charge in [-0.25, -0.2) is 13.4 Å². The van der Waals surface area contributed by atoms with E-state index in [2.05, 4.69) is 28.0 Å². The highest BCUT2D eigenvalue weighted by Crippen LogP contribution is 2.33. The highest BCUT2D eigenvalue weighted by Gasteiger charge is 2.27. The number of anilines is 1. The molecule has 5 rings (SSSR count). The number of sulfonamides is 1. The summed E-state index contributed by atoms with van der Waals surface area (Å²) in [5, 5.41) is 14.2. The average Bonchev–Trinajstić information content (AvgIpc) is 3.28. The molecule has 0 atom stereocenters. The van der Waals surface area contributed by atoms with Gasteiger partial charge in [0.25, 0.3) is 0 Å². The third kappa shape index (κ3) is 5.82. The Hall–Kier alpha value is -2.53.